The molecule has 1 aliphatic heterocycles. The molecule has 1 aromatic heterocycles. The minimum atomic E-state index is -0.227. The van der Waals surface area contributed by atoms with E-state index in [1.165, 1.54) is 23.4 Å². The molecule has 5 heteroatoms. The van der Waals surface area contributed by atoms with Crippen molar-refractivity contribution < 1.29 is 4.39 Å². The highest BCUT2D eigenvalue weighted by molar-refractivity contribution is 6.45. The summed E-state index contributed by atoms with van der Waals surface area (Å²) in [5.74, 6) is -0.227. The maximum absolute atomic E-state index is 13.2. The van der Waals surface area contributed by atoms with E-state index in [4.69, 9.17) is 23.2 Å². The van der Waals surface area contributed by atoms with Crippen LogP contribution in [0.5, 0.6) is 0 Å². The average molecular weight is 389 g/mol. The highest BCUT2D eigenvalue weighted by atomic mass is 35.5. The number of aromatic nitrogens is 1. The minimum absolute atomic E-state index is 0.227. The molecule has 2 heterocycles. The summed E-state index contributed by atoms with van der Waals surface area (Å²) in [4.78, 5) is 2.29. The predicted octanol–water partition coefficient (Wildman–Crippen LogP) is 6.09. The van der Waals surface area contributed by atoms with Crippen molar-refractivity contribution in [1.82, 2.24) is 9.47 Å². The molecular weight excluding hydrogens is 370 g/mol. The number of fused-ring (bicyclic) bond motifs is 3. The summed E-state index contributed by atoms with van der Waals surface area (Å²) >= 11 is 12.9. The lowest BCUT2D eigenvalue weighted by Gasteiger charge is -2.23. The zero-order valence-electron chi connectivity index (χ0n) is 14.7. The van der Waals surface area contributed by atoms with Crippen molar-refractivity contribution in [2.24, 2.45) is 0 Å². The first-order valence-corrected chi connectivity index (χ1v) is 9.34. The van der Waals surface area contributed by atoms with Crippen LogP contribution in [0.15, 0.2) is 36.4 Å². The van der Waals surface area contributed by atoms with Crippen molar-refractivity contribution in [2.45, 2.75) is 19.9 Å². The summed E-state index contributed by atoms with van der Waals surface area (Å²) in [5.41, 5.74) is 5.62. The lowest BCUT2D eigenvalue weighted by molar-refractivity contribution is 0.312. The monoisotopic (exact) mass is 388 g/mol. The molecule has 4 rings (SSSR count). The quantitative estimate of drug-likeness (QED) is 0.515. The normalized spacial score (nSPS) is 15.5. The Morgan fingerprint density at radius 2 is 1.85 bits per heavy atom. The zero-order chi connectivity index (χ0) is 18.4. The van der Waals surface area contributed by atoms with Crippen LogP contribution in [0.3, 0.4) is 0 Å². The number of rotatable bonds is 2. The van der Waals surface area contributed by atoms with Gasteiger partial charge in [0, 0.05) is 36.8 Å². The molecule has 0 fully saturated rings. The van der Waals surface area contributed by atoms with E-state index in [9.17, 15) is 4.39 Å². The molecule has 0 amide bonds. The molecular formula is C21H19Cl2FN2. The van der Waals surface area contributed by atoms with Crippen LogP contribution in [0.25, 0.3) is 22.7 Å². The maximum atomic E-state index is 13.2. The summed E-state index contributed by atoms with van der Waals surface area (Å²) in [6.45, 7) is 3.89. The fraction of sp³-hybridized carbons (Fsp3) is 0.238. The summed E-state index contributed by atoms with van der Waals surface area (Å²) in [6, 6.07) is 10.5. The van der Waals surface area contributed by atoms with Gasteiger partial charge in [-0.2, -0.15) is 0 Å². The Labute approximate surface area is 162 Å². The zero-order valence-corrected chi connectivity index (χ0v) is 16.2. The van der Waals surface area contributed by atoms with Crippen molar-refractivity contribution in [3.63, 3.8) is 0 Å². The van der Waals surface area contributed by atoms with Gasteiger partial charge in [0.05, 0.1) is 15.6 Å². The van der Waals surface area contributed by atoms with Gasteiger partial charge < -0.3 is 9.47 Å². The third-order valence-electron chi connectivity index (χ3n) is 5.05. The van der Waals surface area contributed by atoms with Gasteiger partial charge in [0.25, 0.3) is 0 Å². The van der Waals surface area contributed by atoms with Crippen molar-refractivity contribution >= 4 is 45.9 Å². The number of nitrogens with zero attached hydrogens (tertiary/aromatic N) is 2. The second-order valence-corrected chi connectivity index (χ2v) is 7.64. The second-order valence-electron chi connectivity index (χ2n) is 6.86. The van der Waals surface area contributed by atoms with Gasteiger partial charge in [0.2, 0.25) is 0 Å². The maximum Gasteiger partial charge on any atom is 0.123 e. The molecule has 0 aliphatic carbocycles. The highest BCUT2D eigenvalue weighted by Gasteiger charge is 2.24. The number of allylic oxidation sites excluding steroid dienone is 1. The standard InChI is InChI=1S/C21H19Cl2FN2/c1-13(14-3-5-15(24)6-4-14)11-26-18-9-10-25(2)12-16(18)20-19(26)8-7-17(22)21(20)23/h3-8,11H,9-10,12H2,1-2H3. The van der Waals surface area contributed by atoms with E-state index in [1.807, 2.05) is 19.1 Å². The Morgan fingerprint density at radius 3 is 2.58 bits per heavy atom. The molecule has 1 aliphatic rings. The first-order valence-electron chi connectivity index (χ1n) is 8.58. The van der Waals surface area contributed by atoms with Crippen LogP contribution in [0.4, 0.5) is 4.39 Å². The van der Waals surface area contributed by atoms with Gasteiger partial charge in [-0.15, -0.1) is 0 Å². The lowest BCUT2D eigenvalue weighted by Crippen LogP contribution is -2.26. The second kappa shape index (κ2) is 6.73. The third kappa shape index (κ3) is 2.94. The van der Waals surface area contributed by atoms with Gasteiger partial charge in [-0.25, -0.2) is 4.39 Å². The van der Waals surface area contributed by atoms with Crippen molar-refractivity contribution in [3.05, 3.63) is 69.1 Å². The number of likely N-dealkylation sites (N-methyl/N-ethyl adjacent to an activating group) is 1. The van der Waals surface area contributed by atoms with Crippen molar-refractivity contribution in [1.29, 1.82) is 0 Å². The molecule has 3 aromatic rings. The van der Waals surface area contributed by atoms with Crippen LogP contribution in [0, 0.1) is 5.82 Å². The fourth-order valence-corrected chi connectivity index (χ4v) is 4.11. The number of hydrogen-bond acceptors (Lipinski definition) is 1. The first-order chi connectivity index (χ1) is 12.5. The molecule has 0 saturated heterocycles. The highest BCUT2D eigenvalue weighted by Crippen LogP contribution is 2.39. The van der Waals surface area contributed by atoms with E-state index < -0.39 is 0 Å². The van der Waals surface area contributed by atoms with Gasteiger partial charge >= 0.3 is 0 Å². The van der Waals surface area contributed by atoms with Crippen LogP contribution >= 0.6 is 23.2 Å². The molecule has 2 aromatic carbocycles. The molecule has 0 unspecified atom stereocenters. The van der Waals surface area contributed by atoms with E-state index >= 15 is 0 Å². The average Bonchev–Trinajstić information content (AvgIpc) is 2.92. The third-order valence-corrected chi connectivity index (χ3v) is 5.86. The molecule has 0 N–H and O–H groups in total. The van der Waals surface area contributed by atoms with Gasteiger partial charge in [-0.3, -0.25) is 0 Å². The Balaban J connectivity index is 1.94. The van der Waals surface area contributed by atoms with E-state index in [0.717, 1.165) is 41.5 Å². The predicted molar refractivity (Wildman–Crippen MR) is 108 cm³/mol. The van der Waals surface area contributed by atoms with Crippen LogP contribution in [-0.2, 0) is 13.0 Å². The lowest BCUT2D eigenvalue weighted by atomic mass is 10.0. The van der Waals surface area contributed by atoms with Crippen LogP contribution < -0.4 is 0 Å². The SMILES string of the molecule is CC(=Cn1c2c(c3c(Cl)c(Cl)ccc31)CN(C)CC2)c1ccc(F)cc1. The van der Waals surface area contributed by atoms with E-state index in [2.05, 4.69) is 22.7 Å². The summed E-state index contributed by atoms with van der Waals surface area (Å²) < 4.78 is 15.4. The van der Waals surface area contributed by atoms with Crippen molar-refractivity contribution in [3.8, 4) is 0 Å². The Kier molecular flexibility index (Phi) is 4.55. The topological polar surface area (TPSA) is 8.17 Å². The van der Waals surface area contributed by atoms with Gasteiger partial charge in [0.1, 0.15) is 5.82 Å². The molecule has 0 bridgehead atoms. The number of hydrogen-bond donors (Lipinski definition) is 0. The molecule has 0 atom stereocenters. The molecule has 0 saturated carbocycles. The summed E-state index contributed by atoms with van der Waals surface area (Å²) in [7, 11) is 2.12. The Hall–Kier alpha value is -1.81. The van der Waals surface area contributed by atoms with Crippen LogP contribution in [0.1, 0.15) is 23.7 Å². The van der Waals surface area contributed by atoms with Crippen LogP contribution in [0.2, 0.25) is 10.0 Å². The largest absolute Gasteiger partial charge is 0.320 e. The van der Waals surface area contributed by atoms with E-state index in [0.29, 0.717) is 10.0 Å². The molecule has 0 spiro atoms. The van der Waals surface area contributed by atoms with Crippen molar-refractivity contribution in [2.75, 3.05) is 13.6 Å². The fourth-order valence-electron chi connectivity index (χ4n) is 3.68. The smallest absolute Gasteiger partial charge is 0.123 e. The first kappa shape index (κ1) is 17.6. The molecule has 26 heavy (non-hydrogen) atoms. The molecule has 0 radical (unpaired) electrons. The Bertz CT molecular complexity index is 1020. The number of halogens is 3. The van der Waals surface area contributed by atoms with E-state index in [1.54, 1.807) is 12.1 Å². The van der Waals surface area contributed by atoms with Crippen LogP contribution in [-0.4, -0.2) is 23.1 Å². The summed E-state index contributed by atoms with van der Waals surface area (Å²) in [6.07, 6.45) is 3.06. The Morgan fingerprint density at radius 1 is 1.12 bits per heavy atom. The van der Waals surface area contributed by atoms with Gasteiger partial charge in [-0.05, 0) is 54.9 Å². The number of benzene rings is 2. The minimum Gasteiger partial charge on any atom is -0.320 e. The molecule has 134 valence electrons. The molecule has 2 nitrogen and oxygen atoms in total. The van der Waals surface area contributed by atoms with E-state index in [-0.39, 0.29) is 5.82 Å². The van der Waals surface area contributed by atoms with Gasteiger partial charge in [0.15, 0.2) is 0 Å². The van der Waals surface area contributed by atoms with Gasteiger partial charge in [-0.1, -0.05) is 35.3 Å². The summed E-state index contributed by atoms with van der Waals surface area (Å²) in [5, 5.41) is 2.22.